The van der Waals surface area contributed by atoms with Crippen molar-refractivity contribution in [1.82, 2.24) is 0 Å². The summed E-state index contributed by atoms with van der Waals surface area (Å²) >= 11 is 0. The summed E-state index contributed by atoms with van der Waals surface area (Å²) in [4.78, 5) is 0. The summed E-state index contributed by atoms with van der Waals surface area (Å²) < 4.78 is 0. The van der Waals surface area contributed by atoms with Gasteiger partial charge in [-0.2, -0.15) is 0 Å². The van der Waals surface area contributed by atoms with Gasteiger partial charge in [-0.05, 0) is 12.1 Å². The van der Waals surface area contributed by atoms with Gasteiger partial charge in [-0.15, -0.1) is 0 Å². The summed E-state index contributed by atoms with van der Waals surface area (Å²) in [5, 5.41) is 8.79. The van der Waals surface area contributed by atoms with Crippen molar-refractivity contribution in [3.05, 3.63) is 24.3 Å². The molecule has 0 aliphatic carbocycles. The third-order valence-electron chi connectivity index (χ3n) is 0.937. The molecular formula is C8H13NO. The number of phenolic OH excluding ortho intramolecular Hbond substituents is 1. The predicted molar refractivity (Wildman–Crippen MR) is 43.9 cm³/mol. The van der Waals surface area contributed by atoms with Gasteiger partial charge in [0.2, 0.25) is 0 Å². The van der Waals surface area contributed by atoms with Gasteiger partial charge >= 0.3 is 0 Å². The van der Waals surface area contributed by atoms with E-state index in [1.807, 2.05) is 13.8 Å². The maximum absolute atomic E-state index is 8.79. The van der Waals surface area contributed by atoms with Gasteiger partial charge in [0.05, 0.1) is 5.69 Å². The van der Waals surface area contributed by atoms with E-state index in [1.165, 1.54) is 0 Å². The number of anilines is 1. The molecule has 0 saturated heterocycles. The Hall–Kier alpha value is -1.18. The van der Waals surface area contributed by atoms with E-state index in [9.17, 15) is 0 Å². The van der Waals surface area contributed by atoms with Crippen molar-refractivity contribution < 1.29 is 5.11 Å². The molecule has 3 N–H and O–H groups in total. The molecule has 0 aromatic heterocycles. The van der Waals surface area contributed by atoms with Gasteiger partial charge in [0, 0.05) is 0 Å². The summed E-state index contributed by atoms with van der Waals surface area (Å²) in [7, 11) is 0. The van der Waals surface area contributed by atoms with Crippen LogP contribution < -0.4 is 5.73 Å². The van der Waals surface area contributed by atoms with Gasteiger partial charge in [-0.25, -0.2) is 0 Å². The summed E-state index contributed by atoms with van der Waals surface area (Å²) in [6, 6.07) is 6.70. The van der Waals surface area contributed by atoms with E-state index in [-0.39, 0.29) is 5.75 Å². The van der Waals surface area contributed by atoms with Crippen LogP contribution in [0.2, 0.25) is 0 Å². The lowest BCUT2D eigenvalue weighted by Crippen LogP contribution is -1.82. The van der Waals surface area contributed by atoms with Gasteiger partial charge in [0.15, 0.2) is 0 Å². The summed E-state index contributed by atoms with van der Waals surface area (Å²) in [6.07, 6.45) is 0. The summed E-state index contributed by atoms with van der Waals surface area (Å²) in [5.41, 5.74) is 5.69. The van der Waals surface area contributed by atoms with E-state index in [0.717, 1.165) is 0 Å². The molecule has 1 rings (SSSR count). The normalized spacial score (nSPS) is 7.80. The molecule has 0 fully saturated rings. The van der Waals surface area contributed by atoms with E-state index in [4.69, 9.17) is 10.8 Å². The zero-order valence-electron chi connectivity index (χ0n) is 6.33. The standard InChI is InChI=1S/C6H7NO.C2H6/c7-5-3-1-2-4-6(5)8;1-2/h1-4,8H,7H2;1-2H3. The Labute approximate surface area is 61.3 Å². The SMILES string of the molecule is CC.Nc1ccccc1O. The minimum absolute atomic E-state index is 0.146. The van der Waals surface area contributed by atoms with Crippen LogP contribution in [0.1, 0.15) is 13.8 Å². The largest absolute Gasteiger partial charge is 0.506 e. The number of aromatic hydroxyl groups is 1. The molecule has 0 bridgehead atoms. The van der Waals surface area contributed by atoms with Gasteiger partial charge < -0.3 is 10.8 Å². The molecule has 0 amide bonds. The van der Waals surface area contributed by atoms with Gasteiger partial charge in [0.1, 0.15) is 5.75 Å². The number of hydrogen-bond acceptors (Lipinski definition) is 2. The van der Waals surface area contributed by atoms with Crippen LogP contribution in [0.4, 0.5) is 5.69 Å². The average Bonchev–Trinajstić information content (AvgIpc) is 2.00. The summed E-state index contributed by atoms with van der Waals surface area (Å²) in [5.74, 6) is 0.146. The molecule has 2 nitrogen and oxygen atoms in total. The molecule has 0 aliphatic rings. The van der Waals surface area contributed by atoms with Crippen LogP contribution in [-0.2, 0) is 0 Å². The Bertz CT molecular complexity index is 165. The van der Waals surface area contributed by atoms with Crippen molar-refractivity contribution in [3.63, 3.8) is 0 Å². The van der Waals surface area contributed by atoms with Crippen molar-refractivity contribution in [1.29, 1.82) is 0 Å². The van der Waals surface area contributed by atoms with Crippen LogP contribution >= 0.6 is 0 Å². The number of nitrogen functional groups attached to an aromatic ring is 1. The van der Waals surface area contributed by atoms with Crippen molar-refractivity contribution >= 4 is 5.69 Å². The maximum Gasteiger partial charge on any atom is 0.138 e. The number of hydrogen-bond donors (Lipinski definition) is 2. The van der Waals surface area contributed by atoms with Gasteiger partial charge in [-0.1, -0.05) is 26.0 Å². The highest BCUT2D eigenvalue weighted by atomic mass is 16.3. The Morgan fingerprint density at radius 3 is 2.00 bits per heavy atom. The van der Waals surface area contributed by atoms with E-state index in [2.05, 4.69) is 0 Å². The molecular weight excluding hydrogens is 126 g/mol. The summed E-state index contributed by atoms with van der Waals surface area (Å²) in [6.45, 7) is 4.00. The van der Waals surface area contributed by atoms with Crippen molar-refractivity contribution in [2.45, 2.75) is 13.8 Å². The molecule has 0 radical (unpaired) electrons. The van der Waals surface area contributed by atoms with E-state index in [0.29, 0.717) is 5.69 Å². The van der Waals surface area contributed by atoms with Crippen LogP contribution in [0.5, 0.6) is 5.75 Å². The second kappa shape index (κ2) is 4.68. The van der Waals surface area contributed by atoms with Gasteiger partial charge in [-0.3, -0.25) is 0 Å². The highest BCUT2D eigenvalue weighted by molar-refractivity contribution is 5.50. The van der Waals surface area contributed by atoms with Crippen LogP contribution in [0.3, 0.4) is 0 Å². The lowest BCUT2D eigenvalue weighted by Gasteiger charge is -1.92. The predicted octanol–water partition coefficient (Wildman–Crippen LogP) is 2.00. The third-order valence-corrected chi connectivity index (χ3v) is 0.937. The highest BCUT2D eigenvalue weighted by Gasteiger charge is 1.87. The first-order chi connectivity index (χ1) is 4.80. The smallest absolute Gasteiger partial charge is 0.138 e. The lowest BCUT2D eigenvalue weighted by atomic mass is 10.3. The first-order valence-corrected chi connectivity index (χ1v) is 3.34. The Morgan fingerprint density at radius 1 is 1.20 bits per heavy atom. The quantitative estimate of drug-likeness (QED) is 0.426. The van der Waals surface area contributed by atoms with Crippen molar-refractivity contribution in [3.8, 4) is 5.75 Å². The third kappa shape index (κ3) is 2.40. The Kier molecular flexibility index (Phi) is 4.12. The number of phenols is 1. The molecule has 0 saturated carbocycles. The second-order valence-corrected chi connectivity index (χ2v) is 1.56. The molecule has 56 valence electrons. The van der Waals surface area contributed by atoms with E-state index >= 15 is 0 Å². The minimum atomic E-state index is 0.146. The zero-order valence-corrected chi connectivity index (χ0v) is 6.33. The number of para-hydroxylation sites is 2. The topological polar surface area (TPSA) is 46.2 Å². The molecule has 2 heteroatoms. The van der Waals surface area contributed by atoms with Gasteiger partial charge in [0.25, 0.3) is 0 Å². The van der Waals surface area contributed by atoms with Crippen LogP contribution in [-0.4, -0.2) is 5.11 Å². The molecule has 0 spiro atoms. The molecule has 1 aromatic rings. The molecule has 10 heavy (non-hydrogen) atoms. The minimum Gasteiger partial charge on any atom is -0.506 e. The molecule has 1 aromatic carbocycles. The Morgan fingerprint density at radius 2 is 1.70 bits per heavy atom. The van der Waals surface area contributed by atoms with Crippen LogP contribution in [0.15, 0.2) is 24.3 Å². The van der Waals surface area contributed by atoms with Crippen LogP contribution in [0.25, 0.3) is 0 Å². The van der Waals surface area contributed by atoms with Crippen LogP contribution in [0, 0.1) is 0 Å². The first kappa shape index (κ1) is 8.82. The lowest BCUT2D eigenvalue weighted by molar-refractivity contribution is 0.478. The fourth-order valence-electron chi connectivity index (χ4n) is 0.488. The number of rotatable bonds is 0. The number of nitrogens with two attached hydrogens (primary N) is 1. The fourth-order valence-corrected chi connectivity index (χ4v) is 0.488. The average molecular weight is 139 g/mol. The highest BCUT2D eigenvalue weighted by Crippen LogP contribution is 2.16. The van der Waals surface area contributed by atoms with Crippen molar-refractivity contribution in [2.75, 3.05) is 5.73 Å². The van der Waals surface area contributed by atoms with E-state index in [1.54, 1.807) is 24.3 Å². The molecule has 0 unspecified atom stereocenters. The first-order valence-electron chi connectivity index (χ1n) is 3.34. The number of benzene rings is 1. The monoisotopic (exact) mass is 139 g/mol. The van der Waals surface area contributed by atoms with Crippen molar-refractivity contribution in [2.24, 2.45) is 0 Å². The maximum atomic E-state index is 8.79. The Balaban J connectivity index is 0.000000371. The molecule has 0 heterocycles. The second-order valence-electron chi connectivity index (χ2n) is 1.56. The van der Waals surface area contributed by atoms with E-state index < -0.39 is 0 Å². The molecule has 0 aliphatic heterocycles. The zero-order chi connectivity index (χ0) is 7.98. The fraction of sp³-hybridized carbons (Fsp3) is 0.250. The molecule has 0 atom stereocenters.